The Bertz CT molecular complexity index is 1080. The highest BCUT2D eigenvalue weighted by Crippen LogP contribution is 2.34. The molecule has 0 fully saturated rings. The van der Waals surface area contributed by atoms with Gasteiger partial charge in [-0.1, -0.05) is 51.4 Å². The van der Waals surface area contributed by atoms with E-state index in [1.807, 2.05) is 55.5 Å². The molecule has 0 bridgehead atoms. The Hall–Kier alpha value is -2.45. The SMILES string of the molecule is Cc1onc(-c2ccccc2)c1-c1nnc(COc2ccc(Br)cc2Br)o1. The average Bonchev–Trinajstić information content (AvgIpc) is 3.28. The number of halogens is 2. The van der Waals surface area contributed by atoms with Gasteiger partial charge < -0.3 is 13.7 Å². The van der Waals surface area contributed by atoms with Gasteiger partial charge in [-0.2, -0.15) is 0 Å². The predicted octanol–water partition coefficient (Wildman–Crippen LogP) is 5.80. The molecule has 0 radical (unpaired) electrons. The molecule has 0 amide bonds. The minimum atomic E-state index is 0.151. The number of aromatic nitrogens is 3. The number of nitrogens with zero attached hydrogens (tertiary/aromatic N) is 3. The monoisotopic (exact) mass is 489 g/mol. The van der Waals surface area contributed by atoms with E-state index >= 15 is 0 Å². The largest absolute Gasteiger partial charge is 0.483 e. The second-order valence-corrected chi connectivity index (χ2v) is 7.46. The van der Waals surface area contributed by atoms with Crippen molar-refractivity contribution in [1.29, 1.82) is 0 Å². The summed E-state index contributed by atoms with van der Waals surface area (Å²) >= 11 is 6.87. The lowest BCUT2D eigenvalue weighted by Crippen LogP contribution is -1.96. The van der Waals surface area contributed by atoms with Gasteiger partial charge in [-0.15, -0.1) is 10.2 Å². The molecule has 4 rings (SSSR count). The maximum atomic E-state index is 5.78. The van der Waals surface area contributed by atoms with E-state index in [0.717, 1.165) is 14.5 Å². The number of benzene rings is 2. The molecule has 0 aliphatic heterocycles. The van der Waals surface area contributed by atoms with Crippen LogP contribution in [0.25, 0.3) is 22.7 Å². The van der Waals surface area contributed by atoms with Crippen LogP contribution in [-0.2, 0) is 6.61 Å². The van der Waals surface area contributed by atoms with Crippen LogP contribution >= 0.6 is 31.9 Å². The summed E-state index contributed by atoms with van der Waals surface area (Å²) in [5, 5.41) is 12.4. The molecule has 8 heteroatoms. The number of aryl methyl sites for hydroxylation is 1. The van der Waals surface area contributed by atoms with Crippen LogP contribution in [0.15, 0.2) is 66.4 Å². The summed E-state index contributed by atoms with van der Waals surface area (Å²) in [6, 6.07) is 15.4. The molecule has 2 aromatic carbocycles. The summed E-state index contributed by atoms with van der Waals surface area (Å²) in [6.07, 6.45) is 0. The fourth-order valence-electron chi connectivity index (χ4n) is 2.56. The van der Waals surface area contributed by atoms with Crippen molar-refractivity contribution in [1.82, 2.24) is 15.4 Å². The summed E-state index contributed by atoms with van der Waals surface area (Å²) in [5.74, 6) is 2.00. The van der Waals surface area contributed by atoms with Crippen LogP contribution in [0.5, 0.6) is 5.75 Å². The lowest BCUT2D eigenvalue weighted by atomic mass is 10.1. The van der Waals surface area contributed by atoms with Gasteiger partial charge in [0.25, 0.3) is 11.8 Å². The van der Waals surface area contributed by atoms with E-state index < -0.39 is 0 Å². The first-order valence-corrected chi connectivity index (χ1v) is 9.62. The van der Waals surface area contributed by atoms with E-state index in [1.54, 1.807) is 0 Å². The van der Waals surface area contributed by atoms with Crippen LogP contribution in [-0.4, -0.2) is 15.4 Å². The standard InChI is InChI=1S/C19H13Br2N3O3/c1-11-17(18(24-27-11)12-5-3-2-4-6-12)19-23-22-16(26-19)10-25-15-8-7-13(20)9-14(15)21/h2-9H,10H2,1H3. The van der Waals surface area contributed by atoms with Crippen molar-refractivity contribution < 1.29 is 13.7 Å². The molecular formula is C19H13Br2N3O3. The molecule has 0 aliphatic rings. The van der Waals surface area contributed by atoms with Gasteiger partial charge in [0.2, 0.25) is 0 Å². The van der Waals surface area contributed by atoms with Crippen LogP contribution in [0.4, 0.5) is 0 Å². The zero-order chi connectivity index (χ0) is 18.8. The Balaban J connectivity index is 1.58. The van der Waals surface area contributed by atoms with Crippen LogP contribution < -0.4 is 4.74 Å². The van der Waals surface area contributed by atoms with Crippen molar-refractivity contribution in [2.45, 2.75) is 13.5 Å². The second-order valence-electron chi connectivity index (χ2n) is 5.69. The summed E-state index contributed by atoms with van der Waals surface area (Å²) in [6.45, 7) is 1.96. The van der Waals surface area contributed by atoms with Gasteiger partial charge in [-0.05, 0) is 41.1 Å². The molecule has 0 unspecified atom stereocenters. The van der Waals surface area contributed by atoms with E-state index in [4.69, 9.17) is 13.7 Å². The summed E-state index contributed by atoms with van der Waals surface area (Å²) in [7, 11) is 0. The molecule has 0 atom stereocenters. The topological polar surface area (TPSA) is 74.2 Å². The average molecular weight is 491 g/mol. The Morgan fingerprint density at radius 2 is 1.85 bits per heavy atom. The van der Waals surface area contributed by atoms with Crippen LogP contribution in [0.3, 0.4) is 0 Å². The molecule has 0 saturated carbocycles. The first-order chi connectivity index (χ1) is 13.1. The minimum absolute atomic E-state index is 0.151. The third-order valence-electron chi connectivity index (χ3n) is 3.84. The van der Waals surface area contributed by atoms with Crippen LogP contribution in [0.2, 0.25) is 0 Å². The molecule has 6 nitrogen and oxygen atoms in total. The first-order valence-electron chi connectivity index (χ1n) is 8.04. The normalized spacial score (nSPS) is 10.9. The highest BCUT2D eigenvalue weighted by molar-refractivity contribution is 9.11. The molecule has 0 aliphatic carbocycles. The van der Waals surface area contributed by atoms with Gasteiger partial charge >= 0.3 is 0 Å². The van der Waals surface area contributed by atoms with Gasteiger partial charge in [0, 0.05) is 10.0 Å². The maximum Gasteiger partial charge on any atom is 0.254 e. The maximum absolute atomic E-state index is 5.78. The first kappa shape index (κ1) is 17.9. The molecule has 4 aromatic rings. The third-order valence-corrected chi connectivity index (χ3v) is 4.95. The number of hydrogen-bond acceptors (Lipinski definition) is 6. The van der Waals surface area contributed by atoms with Gasteiger partial charge in [-0.25, -0.2) is 0 Å². The van der Waals surface area contributed by atoms with Crippen molar-refractivity contribution in [3.05, 3.63) is 69.1 Å². The lowest BCUT2D eigenvalue weighted by Gasteiger charge is -2.05. The van der Waals surface area contributed by atoms with Gasteiger partial charge in [0.15, 0.2) is 6.61 Å². The quantitative estimate of drug-likeness (QED) is 0.351. The number of ether oxygens (including phenoxy) is 1. The molecule has 27 heavy (non-hydrogen) atoms. The molecule has 2 aromatic heterocycles. The lowest BCUT2D eigenvalue weighted by molar-refractivity contribution is 0.263. The Morgan fingerprint density at radius 1 is 1.04 bits per heavy atom. The zero-order valence-corrected chi connectivity index (χ0v) is 17.3. The van der Waals surface area contributed by atoms with E-state index in [0.29, 0.717) is 34.5 Å². The molecule has 0 spiro atoms. The molecule has 0 N–H and O–H groups in total. The van der Waals surface area contributed by atoms with E-state index in [9.17, 15) is 0 Å². The highest BCUT2D eigenvalue weighted by Gasteiger charge is 2.22. The third kappa shape index (κ3) is 3.81. The highest BCUT2D eigenvalue weighted by atomic mass is 79.9. The Labute approximate surface area is 171 Å². The van der Waals surface area contributed by atoms with Crippen LogP contribution in [0, 0.1) is 6.92 Å². The number of rotatable bonds is 5. The van der Waals surface area contributed by atoms with Gasteiger partial charge in [0.1, 0.15) is 22.8 Å². The number of hydrogen-bond donors (Lipinski definition) is 0. The van der Waals surface area contributed by atoms with Crippen molar-refractivity contribution in [2.75, 3.05) is 0 Å². The van der Waals surface area contributed by atoms with E-state index in [1.165, 1.54) is 0 Å². The Morgan fingerprint density at radius 3 is 2.63 bits per heavy atom. The van der Waals surface area contributed by atoms with Crippen molar-refractivity contribution in [3.63, 3.8) is 0 Å². The van der Waals surface area contributed by atoms with E-state index in [2.05, 4.69) is 47.2 Å². The molecular weight excluding hydrogens is 478 g/mol. The van der Waals surface area contributed by atoms with Gasteiger partial charge in [-0.3, -0.25) is 0 Å². The summed E-state index contributed by atoms with van der Waals surface area (Å²) < 4.78 is 18.7. The van der Waals surface area contributed by atoms with E-state index in [-0.39, 0.29) is 6.61 Å². The summed E-state index contributed by atoms with van der Waals surface area (Å²) in [4.78, 5) is 0. The van der Waals surface area contributed by atoms with Crippen molar-refractivity contribution in [2.24, 2.45) is 0 Å². The smallest absolute Gasteiger partial charge is 0.254 e. The van der Waals surface area contributed by atoms with Crippen molar-refractivity contribution >= 4 is 31.9 Å². The second kappa shape index (κ2) is 7.66. The molecule has 0 saturated heterocycles. The van der Waals surface area contributed by atoms with Crippen LogP contribution in [0.1, 0.15) is 11.7 Å². The summed E-state index contributed by atoms with van der Waals surface area (Å²) in [5.41, 5.74) is 2.27. The molecule has 136 valence electrons. The Kier molecular flexibility index (Phi) is 5.09. The molecule has 2 heterocycles. The van der Waals surface area contributed by atoms with Crippen molar-refractivity contribution in [3.8, 4) is 28.5 Å². The fourth-order valence-corrected chi connectivity index (χ4v) is 3.72. The fraction of sp³-hybridized carbons (Fsp3) is 0.105. The minimum Gasteiger partial charge on any atom is -0.483 e. The predicted molar refractivity (Wildman–Crippen MR) is 106 cm³/mol. The van der Waals surface area contributed by atoms with Gasteiger partial charge in [0.05, 0.1) is 4.47 Å². The zero-order valence-electron chi connectivity index (χ0n) is 14.1.